The van der Waals surface area contributed by atoms with Crippen LogP contribution in [0.3, 0.4) is 0 Å². The molecule has 111 valence electrons. The minimum Gasteiger partial charge on any atom is -0.370 e. The third-order valence-electron chi connectivity index (χ3n) is 0.667. The first-order valence-electron chi connectivity index (χ1n) is 5.14. The second kappa shape index (κ2) is 14.4. The zero-order valence-corrected chi connectivity index (χ0v) is 12.1. The highest BCUT2D eigenvalue weighted by molar-refractivity contribution is 7.85. The van der Waals surface area contributed by atoms with Gasteiger partial charge in [0.1, 0.15) is 0 Å². The van der Waals surface area contributed by atoms with Crippen LogP contribution in [0.4, 0.5) is 0 Å². The molecule has 1 aromatic rings. The smallest absolute Gasteiger partial charge is 0.261 e. The Bertz CT molecular complexity index is 352. The van der Waals surface area contributed by atoms with Crippen molar-refractivity contribution < 1.29 is 18.1 Å². The zero-order chi connectivity index (χ0) is 15.9. The Morgan fingerprint density at radius 2 is 1.11 bits per heavy atom. The lowest BCUT2D eigenvalue weighted by atomic mass is 10.4. The second-order valence-electron chi connectivity index (χ2n) is 3.39. The van der Waals surface area contributed by atoms with E-state index in [0.29, 0.717) is 6.26 Å². The van der Waals surface area contributed by atoms with Crippen molar-refractivity contribution in [2.75, 3.05) is 6.26 Å². The molecule has 0 atom stereocenters. The first-order valence-corrected chi connectivity index (χ1v) is 6.99. The first kappa shape index (κ1) is 22.5. The van der Waals surface area contributed by atoms with Gasteiger partial charge in [0, 0.05) is 0 Å². The number of guanidine groups is 1. The van der Waals surface area contributed by atoms with E-state index >= 15 is 0 Å². The van der Waals surface area contributed by atoms with E-state index < -0.39 is 16.2 Å². The van der Waals surface area contributed by atoms with E-state index in [9.17, 15) is 13.5 Å². The summed E-state index contributed by atoms with van der Waals surface area (Å²) in [5, 5.41) is 15.6. The van der Waals surface area contributed by atoms with Gasteiger partial charge in [0.25, 0.3) is 10.1 Å². The quantitative estimate of drug-likeness (QED) is 0.317. The van der Waals surface area contributed by atoms with Crippen molar-refractivity contribution in [3.8, 4) is 0 Å². The van der Waals surface area contributed by atoms with Crippen LogP contribution in [0.15, 0.2) is 36.4 Å². The predicted octanol–water partition coefficient (Wildman–Crippen LogP) is 0.854. The minimum absolute atomic E-state index is 0.333. The van der Waals surface area contributed by atoms with Gasteiger partial charge in [-0.2, -0.15) is 8.42 Å². The average Bonchev–Trinajstić information content (AvgIpc) is 2.15. The Morgan fingerprint density at radius 1 is 1.05 bits per heavy atom. The van der Waals surface area contributed by atoms with Crippen molar-refractivity contribution in [3.05, 3.63) is 36.4 Å². The number of rotatable bonds is 0. The van der Waals surface area contributed by atoms with Gasteiger partial charge in [-0.05, 0) is 13.8 Å². The summed E-state index contributed by atoms with van der Waals surface area (Å²) in [6.07, 6.45) is 0.299. The van der Waals surface area contributed by atoms with Crippen LogP contribution in [-0.4, -0.2) is 31.3 Å². The van der Waals surface area contributed by atoms with Crippen LogP contribution >= 0.6 is 0 Å². The lowest BCUT2D eigenvalue weighted by Crippen LogP contribution is -2.20. The molecule has 0 amide bonds. The zero-order valence-electron chi connectivity index (χ0n) is 11.3. The summed E-state index contributed by atoms with van der Waals surface area (Å²) < 4.78 is 25.9. The predicted molar refractivity (Wildman–Crippen MR) is 75.8 cm³/mol. The molecule has 19 heavy (non-hydrogen) atoms. The molecule has 8 heteroatoms. The molecule has 1 aromatic carbocycles. The van der Waals surface area contributed by atoms with Gasteiger partial charge >= 0.3 is 0 Å². The molecule has 0 aliphatic rings. The van der Waals surface area contributed by atoms with Crippen LogP contribution in [0, 0.1) is 5.41 Å². The highest BCUT2D eigenvalue weighted by Crippen LogP contribution is 1.79. The number of hydrogen-bond acceptors (Lipinski definition) is 3. The summed E-state index contributed by atoms with van der Waals surface area (Å²) in [6.45, 7) is 3.22. The molecule has 0 spiro atoms. The third kappa shape index (κ3) is 177. The van der Waals surface area contributed by atoms with Gasteiger partial charge in [0.2, 0.25) is 0 Å². The van der Waals surface area contributed by atoms with Gasteiger partial charge in [0.05, 0.1) is 12.4 Å². The van der Waals surface area contributed by atoms with Gasteiger partial charge < -0.3 is 11.5 Å². The van der Waals surface area contributed by atoms with Crippen LogP contribution in [0.25, 0.3) is 0 Å². The van der Waals surface area contributed by atoms with E-state index in [-0.39, 0.29) is 5.96 Å². The van der Waals surface area contributed by atoms with E-state index in [4.69, 9.17) is 9.96 Å². The average molecular weight is 292 g/mol. The molecular formula is C11H22N3O4S. The molecule has 6 N–H and O–H groups in total. The maximum Gasteiger partial charge on any atom is 0.261 e. The fourth-order valence-electron chi connectivity index (χ4n) is 0.385. The van der Waals surface area contributed by atoms with E-state index in [2.05, 4.69) is 11.5 Å². The number of benzene rings is 1. The highest BCUT2D eigenvalue weighted by Gasteiger charge is 1.81. The van der Waals surface area contributed by atoms with E-state index in [1.54, 1.807) is 13.8 Å². The van der Waals surface area contributed by atoms with Gasteiger partial charge in [0.15, 0.2) is 5.96 Å². The van der Waals surface area contributed by atoms with Gasteiger partial charge in [-0.3, -0.25) is 9.96 Å². The Labute approximate surface area is 114 Å². The molecule has 0 unspecified atom stereocenters. The van der Waals surface area contributed by atoms with Crippen molar-refractivity contribution in [1.82, 2.24) is 0 Å². The van der Waals surface area contributed by atoms with E-state index in [1.807, 2.05) is 36.4 Å². The molecule has 1 radical (unpaired) electrons. The largest absolute Gasteiger partial charge is 0.370 e. The Balaban J connectivity index is -0.000000184. The van der Waals surface area contributed by atoms with Gasteiger partial charge in [-0.25, -0.2) is 5.11 Å². The molecule has 0 saturated heterocycles. The highest BCUT2D eigenvalue weighted by atomic mass is 32.2. The summed E-state index contributed by atoms with van der Waals surface area (Å²) in [5.41, 5.74) is 8.94. The normalized spacial score (nSPS) is 8.74. The maximum atomic E-state index is 9.53. The van der Waals surface area contributed by atoms with Gasteiger partial charge in [-0.15, -0.1) is 0 Å². The number of hydrogen-bond donors (Lipinski definition) is 4. The number of nitrogens with two attached hydrogens (primary N) is 2. The lowest BCUT2D eigenvalue weighted by Gasteiger charge is -1.74. The Hall–Kier alpha value is -1.64. The first-order chi connectivity index (χ1) is 8.46. The van der Waals surface area contributed by atoms with Crippen molar-refractivity contribution in [2.45, 2.75) is 20.0 Å². The molecular weight excluding hydrogens is 270 g/mol. The molecule has 0 saturated carbocycles. The summed E-state index contributed by atoms with van der Waals surface area (Å²) in [6, 6.07) is 12.0. The summed E-state index contributed by atoms with van der Waals surface area (Å²) >= 11 is 0. The molecule has 0 aromatic heterocycles. The second-order valence-corrected chi connectivity index (χ2v) is 4.86. The summed E-state index contributed by atoms with van der Waals surface area (Å²) in [4.78, 5) is 0. The fraction of sp³-hybridized carbons (Fsp3) is 0.364. The van der Waals surface area contributed by atoms with Crippen LogP contribution in [0.2, 0.25) is 0 Å². The Kier molecular flexibility index (Phi) is 17.1. The third-order valence-corrected chi connectivity index (χ3v) is 0.667. The van der Waals surface area contributed by atoms with Crippen molar-refractivity contribution in [2.24, 2.45) is 11.5 Å². The van der Waals surface area contributed by atoms with Crippen molar-refractivity contribution in [1.29, 1.82) is 5.41 Å². The summed E-state index contributed by atoms with van der Waals surface area (Å²) in [5.74, 6) is -0.333. The topological polar surface area (TPSA) is 150 Å². The van der Waals surface area contributed by atoms with E-state index in [0.717, 1.165) is 0 Å². The van der Waals surface area contributed by atoms with Crippen LogP contribution < -0.4 is 11.5 Å². The fourth-order valence-corrected chi connectivity index (χ4v) is 0.385. The minimum atomic E-state index is -3.67. The lowest BCUT2D eigenvalue weighted by molar-refractivity contribution is 0.122. The van der Waals surface area contributed by atoms with Crippen LogP contribution in [0.5, 0.6) is 0 Å². The SMILES string of the molecule is CC(C)[O].CS(=O)(=O)O.N=C(N)N.c1ccccc1. The molecule has 7 nitrogen and oxygen atoms in total. The van der Waals surface area contributed by atoms with E-state index in [1.165, 1.54) is 0 Å². The monoisotopic (exact) mass is 292 g/mol. The molecule has 0 fully saturated rings. The van der Waals surface area contributed by atoms with Crippen LogP contribution in [-0.2, 0) is 15.2 Å². The van der Waals surface area contributed by atoms with Crippen LogP contribution in [0.1, 0.15) is 13.8 Å². The number of nitrogens with one attached hydrogen (secondary N) is 1. The molecule has 1 rings (SSSR count). The molecule has 0 bridgehead atoms. The van der Waals surface area contributed by atoms with Crippen molar-refractivity contribution >= 4 is 16.1 Å². The molecule has 0 heterocycles. The maximum absolute atomic E-state index is 9.53. The molecule has 0 aliphatic carbocycles. The Morgan fingerprint density at radius 3 is 1.16 bits per heavy atom. The van der Waals surface area contributed by atoms with Crippen molar-refractivity contribution in [3.63, 3.8) is 0 Å². The summed E-state index contributed by atoms with van der Waals surface area (Å²) in [7, 11) is -3.67. The molecule has 0 aliphatic heterocycles. The van der Waals surface area contributed by atoms with Gasteiger partial charge in [-0.1, -0.05) is 36.4 Å². The standard InChI is InChI=1S/C6H6.C3H7O.CH5N3.CH4O3S/c1-2-4-6-5-3-1;1-3(2)4;2-1(3)4;1-5(2,3)4/h1-6H;3H,1-2H3;(H5,2,3,4);1H3,(H,2,3,4).